The van der Waals surface area contributed by atoms with Gasteiger partial charge in [0.25, 0.3) is 5.95 Å². The predicted octanol–water partition coefficient (Wildman–Crippen LogP) is 4.27. The number of anilines is 1. The molecule has 2 aliphatic rings. The lowest BCUT2D eigenvalue weighted by atomic mass is 9.74. The zero-order valence-electron chi connectivity index (χ0n) is 21.0. The van der Waals surface area contributed by atoms with Gasteiger partial charge in [-0.1, -0.05) is 71.8 Å². The van der Waals surface area contributed by atoms with Crippen LogP contribution in [0.4, 0.5) is 5.95 Å². The van der Waals surface area contributed by atoms with Crippen molar-refractivity contribution in [3.8, 4) is 5.69 Å². The summed E-state index contributed by atoms with van der Waals surface area (Å²) in [5.41, 5.74) is 6.83. The Bertz CT molecular complexity index is 1580. The second-order valence-electron chi connectivity index (χ2n) is 9.81. The molecule has 37 heavy (non-hydrogen) atoms. The van der Waals surface area contributed by atoms with Crippen LogP contribution in [0.3, 0.4) is 0 Å². The average molecular weight is 492 g/mol. The number of aliphatic hydroxyl groups excluding tert-OH is 1. The number of hydrazone groups is 1. The van der Waals surface area contributed by atoms with Gasteiger partial charge in [-0.15, -0.1) is 5.10 Å². The van der Waals surface area contributed by atoms with Crippen molar-refractivity contribution < 1.29 is 5.11 Å². The molecule has 1 atom stereocenters. The van der Waals surface area contributed by atoms with Crippen molar-refractivity contribution in [1.29, 1.82) is 0 Å². The third-order valence-corrected chi connectivity index (χ3v) is 7.39. The molecule has 2 heterocycles. The van der Waals surface area contributed by atoms with Crippen molar-refractivity contribution in [2.24, 2.45) is 5.10 Å². The van der Waals surface area contributed by atoms with E-state index < -0.39 is 0 Å². The number of hydrogen-bond acceptors (Lipinski definition) is 5. The molecule has 0 bridgehead atoms. The van der Waals surface area contributed by atoms with Gasteiger partial charge in [0.05, 0.1) is 30.0 Å². The number of allylic oxidation sites excluding steroid dienone is 1. The normalized spacial score (nSPS) is 18.4. The molecule has 4 aromatic rings. The average Bonchev–Trinajstić information content (AvgIpc) is 3.44. The molecule has 7 nitrogen and oxygen atoms in total. The molecule has 0 saturated heterocycles. The first-order valence-corrected chi connectivity index (χ1v) is 12.6. The summed E-state index contributed by atoms with van der Waals surface area (Å²) < 4.78 is 2.84. The molecule has 1 aromatic heterocycles. The van der Waals surface area contributed by atoms with E-state index >= 15 is 0 Å². The van der Waals surface area contributed by atoms with Gasteiger partial charge in [-0.3, -0.25) is 4.57 Å². The second-order valence-corrected chi connectivity index (χ2v) is 9.81. The van der Waals surface area contributed by atoms with Crippen molar-refractivity contribution in [1.82, 2.24) is 14.3 Å². The Morgan fingerprint density at radius 3 is 2.38 bits per heavy atom. The molecule has 3 aromatic carbocycles. The van der Waals surface area contributed by atoms with Gasteiger partial charge in [0.1, 0.15) is 0 Å². The second kappa shape index (κ2) is 9.01. The maximum Gasteiger partial charge on any atom is 0.352 e. The van der Waals surface area contributed by atoms with Gasteiger partial charge in [-0.25, -0.2) is 9.80 Å². The minimum Gasteiger partial charge on any atom is -0.395 e. The maximum absolute atomic E-state index is 13.4. The molecule has 6 rings (SSSR count). The van der Waals surface area contributed by atoms with Gasteiger partial charge in [0.15, 0.2) is 0 Å². The minimum absolute atomic E-state index is 0.119. The molecule has 0 amide bonds. The first-order chi connectivity index (χ1) is 18.0. The Hall–Kier alpha value is -4.23. The monoisotopic (exact) mass is 491 g/mol. The summed E-state index contributed by atoms with van der Waals surface area (Å²) >= 11 is 0. The third-order valence-electron chi connectivity index (χ3n) is 7.39. The lowest BCUT2D eigenvalue weighted by Crippen LogP contribution is -2.38. The predicted molar refractivity (Wildman–Crippen MR) is 145 cm³/mol. The van der Waals surface area contributed by atoms with E-state index in [-0.39, 0.29) is 24.3 Å². The summed E-state index contributed by atoms with van der Waals surface area (Å²) in [5.74, 6) is 0.363. The number of aliphatic hydroxyl groups is 1. The topological polar surface area (TPSA) is 75.7 Å². The molecule has 1 spiro atoms. The molecular formula is C30H29N5O2. The van der Waals surface area contributed by atoms with E-state index in [0.29, 0.717) is 11.6 Å². The number of benzene rings is 3. The van der Waals surface area contributed by atoms with Crippen LogP contribution in [-0.2, 0) is 18.4 Å². The quantitative estimate of drug-likeness (QED) is 0.453. The van der Waals surface area contributed by atoms with Crippen molar-refractivity contribution in [3.05, 3.63) is 123 Å². The summed E-state index contributed by atoms with van der Waals surface area (Å²) in [5, 5.41) is 21.2. The highest BCUT2D eigenvalue weighted by Gasteiger charge is 2.44. The van der Waals surface area contributed by atoms with E-state index in [9.17, 15) is 9.90 Å². The van der Waals surface area contributed by atoms with E-state index in [1.807, 2.05) is 37.4 Å². The Balaban J connectivity index is 1.51. The van der Waals surface area contributed by atoms with E-state index in [1.54, 1.807) is 5.01 Å². The largest absolute Gasteiger partial charge is 0.395 e. The van der Waals surface area contributed by atoms with Crippen molar-refractivity contribution >= 4 is 11.7 Å². The summed E-state index contributed by atoms with van der Waals surface area (Å²) in [7, 11) is 0. The fourth-order valence-corrected chi connectivity index (χ4v) is 5.41. The molecule has 186 valence electrons. The molecule has 0 unspecified atom stereocenters. The van der Waals surface area contributed by atoms with Crippen LogP contribution in [0.15, 0.2) is 95.0 Å². The molecule has 1 aliphatic carbocycles. The van der Waals surface area contributed by atoms with Crippen molar-refractivity contribution in [2.75, 3.05) is 11.6 Å². The number of aryl methyl sites for hydroxylation is 3. The van der Waals surface area contributed by atoms with Crippen LogP contribution in [0.1, 0.15) is 34.2 Å². The highest BCUT2D eigenvalue weighted by molar-refractivity contribution is 6.11. The van der Waals surface area contributed by atoms with Crippen molar-refractivity contribution in [2.45, 2.75) is 38.6 Å². The molecule has 0 saturated carbocycles. The van der Waals surface area contributed by atoms with Gasteiger partial charge in [-0.05, 0) is 61.6 Å². The lowest BCUT2D eigenvalue weighted by molar-refractivity contribution is 0.274. The fraction of sp³-hybridized carbons (Fsp3) is 0.233. The van der Waals surface area contributed by atoms with E-state index in [1.165, 1.54) is 25.9 Å². The maximum atomic E-state index is 13.4. The molecule has 1 aliphatic heterocycles. The SMILES string of the molecule is Cc1ccc(C2=NN(c3nn(-c4ccc(C)cc4)c(=O)n3CCO)C=C[C@]23CCc2ccccc23)cc1. The van der Waals surface area contributed by atoms with Crippen molar-refractivity contribution in [3.63, 3.8) is 0 Å². The molecule has 0 radical (unpaired) electrons. The summed E-state index contributed by atoms with van der Waals surface area (Å²) in [4.78, 5) is 13.4. The summed E-state index contributed by atoms with van der Waals surface area (Å²) in [6.07, 6.45) is 6.00. The minimum atomic E-state index is -0.357. The van der Waals surface area contributed by atoms with Gasteiger partial charge in [-0.2, -0.15) is 9.78 Å². The zero-order chi connectivity index (χ0) is 25.6. The first-order valence-electron chi connectivity index (χ1n) is 12.6. The van der Waals surface area contributed by atoms with E-state index in [4.69, 9.17) is 5.10 Å². The van der Waals surface area contributed by atoms with Crippen LogP contribution in [0.5, 0.6) is 0 Å². The van der Waals surface area contributed by atoms with Crippen LogP contribution < -0.4 is 10.7 Å². The standard InChI is InChI=1S/C30H29N5O2/c1-21-7-11-24(12-8-21)27-30(16-15-23-5-3-4-6-26(23)30)17-18-34(31-27)28-32-35(29(37)33(28)19-20-36)25-13-9-22(2)10-14-25/h3-14,17-18,36H,15-16,19-20H2,1-2H3/t30-/m0/s1. The summed E-state index contributed by atoms with van der Waals surface area (Å²) in [6, 6.07) is 24.6. The highest BCUT2D eigenvalue weighted by Crippen LogP contribution is 2.45. The number of nitrogens with zero attached hydrogens (tertiary/aromatic N) is 5. The number of hydrogen-bond donors (Lipinski definition) is 1. The lowest BCUT2D eigenvalue weighted by Gasteiger charge is -2.34. The molecular weight excluding hydrogens is 462 g/mol. The van der Waals surface area contributed by atoms with E-state index in [0.717, 1.165) is 29.7 Å². The van der Waals surface area contributed by atoms with Crippen LogP contribution in [0.2, 0.25) is 0 Å². The number of aromatic nitrogens is 3. The summed E-state index contributed by atoms with van der Waals surface area (Å²) in [6.45, 7) is 4.01. The number of fused-ring (bicyclic) bond motifs is 2. The Morgan fingerprint density at radius 2 is 1.65 bits per heavy atom. The molecule has 1 N–H and O–H groups in total. The van der Waals surface area contributed by atoms with Gasteiger partial charge in [0.2, 0.25) is 0 Å². The van der Waals surface area contributed by atoms with Crippen LogP contribution in [0, 0.1) is 13.8 Å². The van der Waals surface area contributed by atoms with Crippen LogP contribution in [-0.4, -0.2) is 31.8 Å². The Labute approximate surface area is 215 Å². The molecule has 0 fully saturated rings. The molecule has 7 heteroatoms. The fourth-order valence-electron chi connectivity index (χ4n) is 5.41. The Kier molecular flexibility index (Phi) is 5.65. The van der Waals surface area contributed by atoms with Crippen LogP contribution in [0.25, 0.3) is 5.69 Å². The number of rotatable bonds is 5. The smallest absolute Gasteiger partial charge is 0.352 e. The third kappa shape index (κ3) is 3.83. The van der Waals surface area contributed by atoms with Gasteiger partial charge in [0, 0.05) is 6.20 Å². The van der Waals surface area contributed by atoms with Gasteiger partial charge >= 0.3 is 5.69 Å². The van der Waals surface area contributed by atoms with Crippen LogP contribution >= 0.6 is 0 Å². The zero-order valence-corrected chi connectivity index (χ0v) is 21.0. The first kappa shape index (κ1) is 23.2. The Morgan fingerprint density at radius 1 is 0.946 bits per heavy atom. The van der Waals surface area contributed by atoms with E-state index in [2.05, 4.69) is 66.6 Å². The highest BCUT2D eigenvalue weighted by atomic mass is 16.3. The van der Waals surface area contributed by atoms with Gasteiger partial charge < -0.3 is 5.11 Å².